The smallest absolute Gasteiger partial charge is 0.163 e. The molecule has 1 heterocycles. The Kier molecular flexibility index (Phi) is 4.91. The summed E-state index contributed by atoms with van der Waals surface area (Å²) in [6.07, 6.45) is 3.76. The topological polar surface area (TPSA) is 47.7 Å². The van der Waals surface area contributed by atoms with E-state index in [1.165, 1.54) is 19.3 Å². The number of nitrogens with zero attached hydrogens (tertiary/aromatic N) is 1. The van der Waals surface area contributed by atoms with Crippen molar-refractivity contribution in [1.82, 2.24) is 4.90 Å². The molecule has 4 nitrogen and oxygen atoms in total. The van der Waals surface area contributed by atoms with Crippen LogP contribution in [0.3, 0.4) is 0 Å². The first kappa shape index (κ1) is 14.0. The monoisotopic (exact) mass is 264 g/mol. The second kappa shape index (κ2) is 6.66. The third-order valence-electron chi connectivity index (χ3n) is 3.39. The third-order valence-corrected chi connectivity index (χ3v) is 3.39. The van der Waals surface area contributed by atoms with Gasteiger partial charge in [-0.1, -0.05) is 19.8 Å². The second-order valence-electron chi connectivity index (χ2n) is 5.14. The lowest BCUT2D eigenvalue weighted by atomic mass is 10.1. The largest absolute Gasteiger partial charge is 0.486 e. The summed E-state index contributed by atoms with van der Waals surface area (Å²) in [5, 5.41) is 0. The van der Waals surface area contributed by atoms with Gasteiger partial charge in [-0.15, -0.1) is 0 Å². The van der Waals surface area contributed by atoms with Crippen molar-refractivity contribution < 1.29 is 9.47 Å². The van der Waals surface area contributed by atoms with Crippen LogP contribution in [0.4, 0.5) is 5.69 Å². The molecule has 1 aromatic carbocycles. The molecule has 19 heavy (non-hydrogen) atoms. The summed E-state index contributed by atoms with van der Waals surface area (Å²) in [5.74, 6) is 1.58. The van der Waals surface area contributed by atoms with Crippen LogP contribution in [0.1, 0.15) is 31.7 Å². The first-order valence-corrected chi connectivity index (χ1v) is 7.07. The maximum Gasteiger partial charge on any atom is 0.163 e. The molecular formula is C15H24N2O2. The Labute approximate surface area is 115 Å². The zero-order valence-electron chi connectivity index (χ0n) is 11.9. The molecule has 1 aliphatic heterocycles. The van der Waals surface area contributed by atoms with E-state index in [1.807, 2.05) is 12.1 Å². The fraction of sp³-hybridized carbons (Fsp3) is 0.600. The van der Waals surface area contributed by atoms with E-state index in [0.717, 1.165) is 35.8 Å². The molecule has 0 bridgehead atoms. The Morgan fingerprint density at radius 3 is 2.53 bits per heavy atom. The van der Waals surface area contributed by atoms with Crippen molar-refractivity contribution in [2.45, 2.75) is 32.7 Å². The highest BCUT2D eigenvalue weighted by Crippen LogP contribution is 2.34. The quantitative estimate of drug-likeness (QED) is 0.634. The van der Waals surface area contributed by atoms with Crippen LogP contribution in [0.5, 0.6) is 11.5 Å². The Balaban J connectivity index is 1.99. The molecule has 2 rings (SSSR count). The maximum atomic E-state index is 6.09. The van der Waals surface area contributed by atoms with Gasteiger partial charge in [-0.25, -0.2) is 0 Å². The lowest BCUT2D eigenvalue weighted by Crippen LogP contribution is -2.21. The summed E-state index contributed by atoms with van der Waals surface area (Å²) in [7, 11) is 2.13. The number of rotatable bonds is 6. The molecule has 0 amide bonds. The van der Waals surface area contributed by atoms with Crippen molar-refractivity contribution in [1.29, 1.82) is 0 Å². The molecule has 4 heteroatoms. The summed E-state index contributed by atoms with van der Waals surface area (Å²) in [5.41, 5.74) is 7.98. The highest BCUT2D eigenvalue weighted by Gasteiger charge is 2.15. The predicted octanol–water partition coefficient (Wildman–Crippen LogP) is 2.66. The molecule has 0 radical (unpaired) electrons. The lowest BCUT2D eigenvalue weighted by Gasteiger charge is -2.22. The Morgan fingerprint density at radius 1 is 1.16 bits per heavy atom. The molecule has 0 unspecified atom stereocenters. The summed E-state index contributed by atoms with van der Waals surface area (Å²) >= 11 is 0. The number of ether oxygens (including phenoxy) is 2. The molecule has 0 aromatic heterocycles. The van der Waals surface area contributed by atoms with Gasteiger partial charge >= 0.3 is 0 Å². The van der Waals surface area contributed by atoms with E-state index in [9.17, 15) is 0 Å². The van der Waals surface area contributed by atoms with Gasteiger partial charge in [0.25, 0.3) is 0 Å². The Morgan fingerprint density at radius 2 is 1.84 bits per heavy atom. The maximum absolute atomic E-state index is 6.09. The summed E-state index contributed by atoms with van der Waals surface area (Å²) in [4.78, 5) is 2.30. The molecule has 0 aliphatic carbocycles. The molecule has 1 aromatic rings. The van der Waals surface area contributed by atoms with Crippen molar-refractivity contribution in [3.05, 3.63) is 17.7 Å². The van der Waals surface area contributed by atoms with Gasteiger partial charge in [0.2, 0.25) is 0 Å². The molecule has 2 N–H and O–H groups in total. The molecule has 1 aliphatic rings. The van der Waals surface area contributed by atoms with Gasteiger partial charge in [-0.3, -0.25) is 0 Å². The van der Waals surface area contributed by atoms with Crippen LogP contribution in [0, 0.1) is 0 Å². The van der Waals surface area contributed by atoms with Crippen LogP contribution in [0.25, 0.3) is 0 Å². The van der Waals surface area contributed by atoms with Gasteiger partial charge in [0, 0.05) is 18.3 Å². The van der Waals surface area contributed by atoms with Gasteiger partial charge in [0.15, 0.2) is 11.5 Å². The number of nitrogens with two attached hydrogens (primary N) is 1. The van der Waals surface area contributed by atoms with Crippen LogP contribution in [0.15, 0.2) is 12.1 Å². The summed E-state index contributed by atoms with van der Waals surface area (Å²) < 4.78 is 11.1. The molecule has 0 fully saturated rings. The van der Waals surface area contributed by atoms with Crippen LogP contribution in [-0.4, -0.2) is 31.7 Å². The average molecular weight is 264 g/mol. The summed E-state index contributed by atoms with van der Waals surface area (Å²) in [6, 6.07) is 3.89. The standard InChI is InChI=1S/C15H24N2O2/c1-3-4-5-6-17(2)11-12-9-14-15(10-13(12)16)19-8-7-18-14/h9-10H,3-8,11,16H2,1-2H3. The van der Waals surface area contributed by atoms with Crippen molar-refractivity contribution in [3.8, 4) is 11.5 Å². The van der Waals surface area contributed by atoms with Crippen molar-refractivity contribution in [2.24, 2.45) is 0 Å². The molecule has 0 spiro atoms. The van der Waals surface area contributed by atoms with Crippen LogP contribution in [0.2, 0.25) is 0 Å². The molecule has 0 saturated carbocycles. The fourth-order valence-corrected chi connectivity index (χ4v) is 2.29. The highest BCUT2D eigenvalue weighted by molar-refractivity contribution is 5.58. The van der Waals surface area contributed by atoms with E-state index in [-0.39, 0.29) is 0 Å². The second-order valence-corrected chi connectivity index (χ2v) is 5.14. The van der Waals surface area contributed by atoms with Gasteiger partial charge in [0.1, 0.15) is 13.2 Å². The number of fused-ring (bicyclic) bond motifs is 1. The Hall–Kier alpha value is -1.42. The van der Waals surface area contributed by atoms with E-state index >= 15 is 0 Å². The predicted molar refractivity (Wildman–Crippen MR) is 77.7 cm³/mol. The Bertz CT molecular complexity index is 421. The molecule has 106 valence electrons. The molecular weight excluding hydrogens is 240 g/mol. The molecule has 0 saturated heterocycles. The van der Waals surface area contributed by atoms with E-state index in [0.29, 0.717) is 13.2 Å². The zero-order valence-corrected chi connectivity index (χ0v) is 11.9. The number of nitrogen functional groups attached to an aromatic ring is 1. The van der Waals surface area contributed by atoms with Gasteiger partial charge in [0.05, 0.1) is 0 Å². The minimum Gasteiger partial charge on any atom is -0.486 e. The third kappa shape index (κ3) is 3.77. The summed E-state index contributed by atoms with van der Waals surface area (Å²) in [6.45, 7) is 5.39. The van der Waals surface area contributed by atoms with Gasteiger partial charge < -0.3 is 20.1 Å². The SMILES string of the molecule is CCCCCN(C)Cc1cc2c(cc1N)OCCO2. The van der Waals surface area contributed by atoms with Crippen LogP contribution < -0.4 is 15.2 Å². The van der Waals surface area contributed by atoms with E-state index < -0.39 is 0 Å². The van der Waals surface area contributed by atoms with Crippen molar-refractivity contribution in [2.75, 3.05) is 32.5 Å². The minimum atomic E-state index is 0.600. The van der Waals surface area contributed by atoms with Crippen molar-refractivity contribution in [3.63, 3.8) is 0 Å². The van der Waals surface area contributed by atoms with E-state index in [1.54, 1.807) is 0 Å². The van der Waals surface area contributed by atoms with E-state index in [4.69, 9.17) is 15.2 Å². The number of unbranched alkanes of at least 4 members (excludes halogenated alkanes) is 2. The number of hydrogen-bond acceptors (Lipinski definition) is 4. The number of anilines is 1. The van der Waals surface area contributed by atoms with Crippen molar-refractivity contribution >= 4 is 5.69 Å². The van der Waals surface area contributed by atoms with Crippen LogP contribution >= 0.6 is 0 Å². The number of benzene rings is 1. The van der Waals surface area contributed by atoms with Gasteiger partial charge in [-0.05, 0) is 31.6 Å². The van der Waals surface area contributed by atoms with Crippen LogP contribution in [-0.2, 0) is 6.54 Å². The first-order valence-electron chi connectivity index (χ1n) is 7.07. The number of hydrogen-bond donors (Lipinski definition) is 1. The lowest BCUT2D eigenvalue weighted by molar-refractivity contribution is 0.171. The zero-order chi connectivity index (χ0) is 13.7. The normalized spacial score (nSPS) is 13.8. The van der Waals surface area contributed by atoms with Gasteiger partial charge in [-0.2, -0.15) is 0 Å². The minimum absolute atomic E-state index is 0.600. The molecule has 0 atom stereocenters. The highest BCUT2D eigenvalue weighted by atomic mass is 16.6. The fourth-order valence-electron chi connectivity index (χ4n) is 2.29. The first-order chi connectivity index (χ1) is 9.20. The van der Waals surface area contributed by atoms with E-state index in [2.05, 4.69) is 18.9 Å². The average Bonchev–Trinajstić information content (AvgIpc) is 2.40.